The lowest BCUT2D eigenvalue weighted by Gasteiger charge is -1.98. The maximum Gasteiger partial charge on any atom is 0.270 e. The molecule has 4 aromatic rings. The lowest BCUT2D eigenvalue weighted by Crippen LogP contribution is -2.12. The molecule has 25 heavy (non-hydrogen) atoms. The predicted octanol–water partition coefficient (Wildman–Crippen LogP) is 3.61. The van der Waals surface area contributed by atoms with E-state index in [0.29, 0.717) is 22.1 Å². The van der Waals surface area contributed by atoms with Crippen LogP contribution in [0, 0.1) is 6.92 Å². The summed E-state index contributed by atoms with van der Waals surface area (Å²) in [5.74, 6) is 0.425. The van der Waals surface area contributed by atoms with Gasteiger partial charge in [-0.25, -0.2) is 4.98 Å². The summed E-state index contributed by atoms with van der Waals surface area (Å²) in [5.41, 5.74) is 2.36. The lowest BCUT2D eigenvalue weighted by atomic mass is 10.3. The van der Waals surface area contributed by atoms with Crippen LogP contribution in [0.4, 0.5) is 5.95 Å². The molecule has 0 bridgehead atoms. The molecule has 4 aromatic heterocycles. The molecule has 0 aliphatic heterocycles. The Kier molecular flexibility index (Phi) is 4.08. The van der Waals surface area contributed by atoms with Gasteiger partial charge in [0.1, 0.15) is 15.6 Å². The largest absolute Gasteiger partial charge is 0.288 e. The fourth-order valence-electron chi connectivity index (χ4n) is 2.21. The monoisotopic (exact) mass is 368 g/mol. The zero-order valence-electron chi connectivity index (χ0n) is 13.1. The fourth-order valence-corrected chi connectivity index (χ4v) is 3.88. The molecule has 1 amide bonds. The molecular formula is C16H12N6OS2. The van der Waals surface area contributed by atoms with E-state index in [-0.39, 0.29) is 11.9 Å². The minimum absolute atomic E-state index is 0.204. The van der Waals surface area contributed by atoms with Crippen molar-refractivity contribution in [1.82, 2.24) is 25.1 Å². The molecule has 124 valence electrons. The third-order valence-electron chi connectivity index (χ3n) is 3.39. The van der Waals surface area contributed by atoms with Crippen molar-refractivity contribution in [3.8, 4) is 22.1 Å². The van der Waals surface area contributed by atoms with Crippen molar-refractivity contribution in [1.29, 1.82) is 0 Å². The SMILES string of the molecule is Cc1nc(-c2ccsc2)sc1C(=O)Nc1n[nH]c(-c2ccccn2)n1. The Morgan fingerprint density at radius 2 is 2.16 bits per heavy atom. The zero-order valence-corrected chi connectivity index (χ0v) is 14.7. The first-order chi connectivity index (χ1) is 12.2. The van der Waals surface area contributed by atoms with Crippen LogP contribution in [-0.4, -0.2) is 31.1 Å². The van der Waals surface area contributed by atoms with Crippen LogP contribution in [0.25, 0.3) is 22.1 Å². The van der Waals surface area contributed by atoms with Gasteiger partial charge in [0, 0.05) is 17.1 Å². The van der Waals surface area contributed by atoms with Crippen molar-refractivity contribution in [3.63, 3.8) is 0 Å². The second kappa shape index (κ2) is 6.54. The fraction of sp³-hybridized carbons (Fsp3) is 0.0625. The minimum atomic E-state index is -0.275. The van der Waals surface area contributed by atoms with E-state index in [9.17, 15) is 4.79 Å². The Morgan fingerprint density at radius 3 is 2.92 bits per heavy atom. The van der Waals surface area contributed by atoms with E-state index in [1.165, 1.54) is 11.3 Å². The molecular weight excluding hydrogens is 356 g/mol. The smallest absolute Gasteiger partial charge is 0.270 e. The number of rotatable bonds is 4. The summed E-state index contributed by atoms with van der Waals surface area (Å²) in [5, 5.41) is 14.3. The van der Waals surface area contributed by atoms with Gasteiger partial charge in [-0.1, -0.05) is 6.07 Å². The average molecular weight is 368 g/mol. The van der Waals surface area contributed by atoms with Crippen molar-refractivity contribution >= 4 is 34.5 Å². The van der Waals surface area contributed by atoms with Crippen molar-refractivity contribution < 1.29 is 4.79 Å². The van der Waals surface area contributed by atoms with Crippen LogP contribution < -0.4 is 5.32 Å². The van der Waals surface area contributed by atoms with E-state index in [1.54, 1.807) is 17.5 Å². The second-order valence-corrected chi connectivity index (χ2v) is 6.90. The Bertz CT molecular complexity index is 1010. The van der Waals surface area contributed by atoms with Crippen molar-refractivity contribution in [2.45, 2.75) is 6.92 Å². The van der Waals surface area contributed by atoms with Gasteiger partial charge in [-0.15, -0.1) is 16.4 Å². The van der Waals surface area contributed by atoms with Gasteiger partial charge < -0.3 is 0 Å². The van der Waals surface area contributed by atoms with Crippen LogP contribution in [0.1, 0.15) is 15.4 Å². The van der Waals surface area contributed by atoms with Gasteiger partial charge in [-0.05, 0) is 30.5 Å². The number of aryl methyl sites for hydroxylation is 1. The van der Waals surface area contributed by atoms with E-state index < -0.39 is 0 Å². The molecule has 7 nitrogen and oxygen atoms in total. The van der Waals surface area contributed by atoms with Gasteiger partial charge in [-0.2, -0.15) is 16.3 Å². The number of carbonyl (C=O) groups is 1. The van der Waals surface area contributed by atoms with Gasteiger partial charge in [0.05, 0.1) is 5.69 Å². The second-order valence-electron chi connectivity index (χ2n) is 5.12. The van der Waals surface area contributed by atoms with Crippen LogP contribution in [0.3, 0.4) is 0 Å². The Morgan fingerprint density at radius 1 is 1.24 bits per heavy atom. The first-order valence-electron chi connectivity index (χ1n) is 7.36. The third-order valence-corrected chi connectivity index (χ3v) is 5.28. The van der Waals surface area contributed by atoms with E-state index in [0.717, 1.165) is 10.6 Å². The van der Waals surface area contributed by atoms with Gasteiger partial charge in [0.25, 0.3) is 5.91 Å². The molecule has 0 aromatic carbocycles. The molecule has 0 unspecified atom stereocenters. The van der Waals surface area contributed by atoms with Crippen LogP contribution >= 0.6 is 22.7 Å². The average Bonchev–Trinajstić information content (AvgIpc) is 3.35. The molecule has 0 saturated carbocycles. The molecule has 9 heteroatoms. The number of nitrogens with zero attached hydrogens (tertiary/aromatic N) is 4. The first-order valence-corrected chi connectivity index (χ1v) is 9.12. The van der Waals surface area contributed by atoms with Crippen LogP contribution in [-0.2, 0) is 0 Å². The highest BCUT2D eigenvalue weighted by molar-refractivity contribution is 7.17. The standard InChI is InChI=1S/C16H12N6OS2/c1-9-12(25-15(18-9)10-5-7-24-8-10)14(23)20-16-19-13(21-22-16)11-4-2-3-6-17-11/h2-8H,1H3,(H2,19,20,21,22,23). The number of carbonyl (C=O) groups excluding carboxylic acids is 1. The number of nitrogens with one attached hydrogen (secondary N) is 2. The predicted molar refractivity (Wildman–Crippen MR) is 97.7 cm³/mol. The minimum Gasteiger partial charge on any atom is -0.288 e. The highest BCUT2D eigenvalue weighted by Crippen LogP contribution is 2.29. The molecule has 0 spiro atoms. The van der Waals surface area contributed by atoms with E-state index in [4.69, 9.17) is 0 Å². The summed E-state index contributed by atoms with van der Waals surface area (Å²) in [6, 6.07) is 7.47. The molecule has 4 heterocycles. The van der Waals surface area contributed by atoms with Gasteiger partial charge in [0.2, 0.25) is 5.95 Å². The number of hydrogen-bond donors (Lipinski definition) is 2. The topological polar surface area (TPSA) is 96.5 Å². The van der Waals surface area contributed by atoms with E-state index >= 15 is 0 Å². The quantitative estimate of drug-likeness (QED) is 0.573. The van der Waals surface area contributed by atoms with E-state index in [2.05, 4.69) is 30.5 Å². The summed E-state index contributed by atoms with van der Waals surface area (Å²) in [6.07, 6.45) is 1.67. The number of pyridine rings is 1. The molecule has 2 N–H and O–H groups in total. The number of aromatic amines is 1. The Hall–Kier alpha value is -2.91. The number of H-pyrrole nitrogens is 1. The highest BCUT2D eigenvalue weighted by Gasteiger charge is 2.18. The van der Waals surface area contributed by atoms with Crippen LogP contribution in [0.5, 0.6) is 0 Å². The number of hydrogen-bond acceptors (Lipinski definition) is 7. The summed E-state index contributed by atoms with van der Waals surface area (Å²) in [4.78, 5) is 26.0. The molecule has 4 rings (SSSR count). The third kappa shape index (κ3) is 3.19. The molecule has 0 atom stereocenters. The van der Waals surface area contributed by atoms with Gasteiger partial charge in [-0.3, -0.25) is 20.2 Å². The first kappa shape index (κ1) is 15.6. The molecule has 0 radical (unpaired) electrons. The number of thiophene rings is 1. The van der Waals surface area contributed by atoms with Crippen LogP contribution in [0.15, 0.2) is 41.2 Å². The van der Waals surface area contributed by atoms with Gasteiger partial charge in [0.15, 0.2) is 5.82 Å². The summed E-state index contributed by atoms with van der Waals surface area (Å²) in [6.45, 7) is 1.82. The summed E-state index contributed by atoms with van der Waals surface area (Å²) < 4.78 is 0. The molecule has 0 aliphatic rings. The normalized spacial score (nSPS) is 10.8. The van der Waals surface area contributed by atoms with Crippen LogP contribution in [0.2, 0.25) is 0 Å². The van der Waals surface area contributed by atoms with E-state index in [1.807, 2.05) is 41.9 Å². The summed E-state index contributed by atoms with van der Waals surface area (Å²) >= 11 is 2.95. The maximum absolute atomic E-state index is 12.5. The maximum atomic E-state index is 12.5. The van der Waals surface area contributed by atoms with Gasteiger partial charge >= 0.3 is 0 Å². The van der Waals surface area contributed by atoms with Crippen molar-refractivity contribution in [2.75, 3.05) is 5.32 Å². The number of amides is 1. The molecule has 0 fully saturated rings. The summed E-state index contributed by atoms with van der Waals surface area (Å²) in [7, 11) is 0. The highest BCUT2D eigenvalue weighted by atomic mass is 32.1. The molecule has 0 saturated heterocycles. The molecule has 0 aliphatic carbocycles. The zero-order chi connectivity index (χ0) is 17.2. The number of anilines is 1. The van der Waals surface area contributed by atoms with Crippen molar-refractivity contribution in [3.05, 3.63) is 51.8 Å². The Labute approximate surface area is 150 Å². The van der Waals surface area contributed by atoms with Crippen molar-refractivity contribution in [2.24, 2.45) is 0 Å². The number of thiazole rings is 1. The number of aromatic nitrogens is 5. The lowest BCUT2D eigenvalue weighted by molar-refractivity contribution is 0.102. The Balaban J connectivity index is 1.54.